The number of hydrogen-bond donors (Lipinski definition) is 1. The van der Waals surface area contributed by atoms with E-state index in [1.54, 1.807) is 0 Å². The van der Waals surface area contributed by atoms with Crippen molar-refractivity contribution in [2.45, 2.75) is 65.6 Å². The SMILES string of the molecule is CCc1cc(CN2CCCNC(C)(CC)C2)n(CC)n1. The molecular weight excluding hydrogens is 248 g/mol. The minimum atomic E-state index is 0.251. The third kappa shape index (κ3) is 3.61. The van der Waals surface area contributed by atoms with Gasteiger partial charge in [-0.2, -0.15) is 5.10 Å². The Morgan fingerprint density at radius 3 is 2.80 bits per heavy atom. The predicted octanol–water partition coefficient (Wildman–Crippen LogP) is 2.43. The van der Waals surface area contributed by atoms with Crippen molar-refractivity contribution in [2.24, 2.45) is 0 Å². The summed E-state index contributed by atoms with van der Waals surface area (Å²) in [6, 6.07) is 2.28. The number of aryl methyl sites for hydroxylation is 2. The first kappa shape index (κ1) is 15.5. The van der Waals surface area contributed by atoms with Gasteiger partial charge < -0.3 is 5.32 Å². The van der Waals surface area contributed by atoms with Crippen LogP contribution in [-0.4, -0.2) is 39.9 Å². The first-order valence-corrected chi connectivity index (χ1v) is 8.13. The van der Waals surface area contributed by atoms with E-state index >= 15 is 0 Å². The van der Waals surface area contributed by atoms with E-state index in [0.29, 0.717) is 0 Å². The van der Waals surface area contributed by atoms with Crippen LogP contribution in [0.3, 0.4) is 0 Å². The van der Waals surface area contributed by atoms with Crippen LogP contribution in [0, 0.1) is 0 Å². The van der Waals surface area contributed by atoms with Crippen LogP contribution in [0.5, 0.6) is 0 Å². The molecule has 20 heavy (non-hydrogen) atoms. The van der Waals surface area contributed by atoms with Crippen molar-refractivity contribution in [3.8, 4) is 0 Å². The molecule has 1 fully saturated rings. The molecule has 1 aliphatic heterocycles. The molecule has 2 rings (SSSR count). The van der Waals surface area contributed by atoms with Crippen molar-refractivity contribution in [3.63, 3.8) is 0 Å². The molecule has 1 N–H and O–H groups in total. The molecule has 1 unspecified atom stereocenters. The topological polar surface area (TPSA) is 33.1 Å². The molecule has 0 saturated carbocycles. The smallest absolute Gasteiger partial charge is 0.0625 e. The van der Waals surface area contributed by atoms with Gasteiger partial charge in [0.05, 0.1) is 11.4 Å². The molecule has 0 amide bonds. The number of hydrogen-bond acceptors (Lipinski definition) is 3. The largest absolute Gasteiger partial charge is 0.310 e. The summed E-state index contributed by atoms with van der Waals surface area (Å²) in [5.41, 5.74) is 2.83. The Bertz CT molecular complexity index is 426. The fourth-order valence-corrected chi connectivity index (χ4v) is 3.01. The van der Waals surface area contributed by atoms with Crippen molar-refractivity contribution < 1.29 is 0 Å². The van der Waals surface area contributed by atoms with E-state index < -0.39 is 0 Å². The molecule has 0 aromatic carbocycles. The van der Waals surface area contributed by atoms with E-state index in [0.717, 1.165) is 32.6 Å². The first-order valence-electron chi connectivity index (χ1n) is 8.13. The van der Waals surface area contributed by atoms with Crippen LogP contribution >= 0.6 is 0 Å². The highest BCUT2D eigenvalue weighted by molar-refractivity contribution is 5.11. The lowest BCUT2D eigenvalue weighted by Gasteiger charge is -2.32. The third-order valence-corrected chi connectivity index (χ3v) is 4.52. The van der Waals surface area contributed by atoms with E-state index in [9.17, 15) is 0 Å². The molecule has 1 aromatic heterocycles. The Morgan fingerprint density at radius 2 is 2.15 bits per heavy atom. The van der Waals surface area contributed by atoms with Gasteiger partial charge in [-0.25, -0.2) is 0 Å². The zero-order chi connectivity index (χ0) is 14.6. The van der Waals surface area contributed by atoms with Crippen molar-refractivity contribution in [1.29, 1.82) is 0 Å². The Kier molecular flexibility index (Phi) is 5.22. The Balaban J connectivity index is 2.09. The molecule has 0 bridgehead atoms. The lowest BCUT2D eigenvalue weighted by Crippen LogP contribution is -2.48. The summed E-state index contributed by atoms with van der Waals surface area (Å²) in [6.07, 6.45) is 3.43. The molecule has 0 aliphatic carbocycles. The highest BCUT2D eigenvalue weighted by Gasteiger charge is 2.27. The van der Waals surface area contributed by atoms with Crippen LogP contribution in [0.2, 0.25) is 0 Å². The molecule has 1 atom stereocenters. The number of nitrogens with one attached hydrogen (secondary N) is 1. The molecule has 4 nitrogen and oxygen atoms in total. The van der Waals surface area contributed by atoms with Gasteiger partial charge in [0, 0.05) is 25.2 Å². The maximum atomic E-state index is 4.67. The molecule has 0 spiro atoms. The van der Waals surface area contributed by atoms with E-state index in [1.807, 2.05) is 0 Å². The minimum absolute atomic E-state index is 0.251. The maximum absolute atomic E-state index is 4.67. The van der Waals surface area contributed by atoms with Crippen molar-refractivity contribution in [2.75, 3.05) is 19.6 Å². The summed E-state index contributed by atoms with van der Waals surface area (Å²) >= 11 is 0. The monoisotopic (exact) mass is 278 g/mol. The van der Waals surface area contributed by atoms with E-state index in [2.05, 4.69) is 53.8 Å². The Hall–Kier alpha value is -0.870. The van der Waals surface area contributed by atoms with Crippen molar-refractivity contribution >= 4 is 0 Å². The summed E-state index contributed by atoms with van der Waals surface area (Å²) in [5, 5.41) is 8.37. The number of aromatic nitrogens is 2. The van der Waals surface area contributed by atoms with Gasteiger partial charge in [-0.3, -0.25) is 9.58 Å². The molecule has 0 radical (unpaired) electrons. The van der Waals surface area contributed by atoms with Gasteiger partial charge in [0.2, 0.25) is 0 Å². The highest BCUT2D eigenvalue weighted by Crippen LogP contribution is 2.18. The summed E-state index contributed by atoms with van der Waals surface area (Å²) in [5.74, 6) is 0. The fourth-order valence-electron chi connectivity index (χ4n) is 3.01. The van der Waals surface area contributed by atoms with Crippen LogP contribution in [0.4, 0.5) is 0 Å². The lowest BCUT2D eigenvalue weighted by molar-refractivity contribution is 0.204. The van der Waals surface area contributed by atoms with Crippen molar-refractivity contribution in [3.05, 3.63) is 17.5 Å². The summed E-state index contributed by atoms with van der Waals surface area (Å²) < 4.78 is 2.17. The van der Waals surface area contributed by atoms with Crippen LogP contribution in [-0.2, 0) is 19.5 Å². The average molecular weight is 278 g/mol. The maximum Gasteiger partial charge on any atom is 0.0625 e. The Morgan fingerprint density at radius 1 is 1.35 bits per heavy atom. The molecule has 114 valence electrons. The second-order valence-corrected chi connectivity index (χ2v) is 6.20. The van der Waals surface area contributed by atoms with Crippen molar-refractivity contribution in [1.82, 2.24) is 20.0 Å². The molecular formula is C16H30N4. The number of rotatable bonds is 5. The van der Waals surface area contributed by atoms with E-state index in [-0.39, 0.29) is 5.54 Å². The summed E-state index contributed by atoms with van der Waals surface area (Å²) in [7, 11) is 0. The zero-order valence-electron chi connectivity index (χ0n) is 13.6. The normalized spacial score (nSPS) is 24.8. The molecule has 1 saturated heterocycles. The van der Waals surface area contributed by atoms with Gasteiger partial charge in [-0.15, -0.1) is 0 Å². The molecule has 1 aromatic rings. The fraction of sp³-hybridized carbons (Fsp3) is 0.812. The minimum Gasteiger partial charge on any atom is -0.310 e. The zero-order valence-corrected chi connectivity index (χ0v) is 13.6. The van der Waals surface area contributed by atoms with Crippen LogP contribution in [0.25, 0.3) is 0 Å². The van der Waals surface area contributed by atoms with Gasteiger partial charge >= 0.3 is 0 Å². The summed E-state index contributed by atoms with van der Waals surface area (Å²) in [4.78, 5) is 2.59. The lowest BCUT2D eigenvalue weighted by atomic mass is 9.98. The average Bonchev–Trinajstić information content (AvgIpc) is 2.75. The van der Waals surface area contributed by atoms with E-state index in [4.69, 9.17) is 0 Å². The predicted molar refractivity (Wildman–Crippen MR) is 83.9 cm³/mol. The van der Waals surface area contributed by atoms with E-state index in [1.165, 1.54) is 30.8 Å². The molecule has 2 heterocycles. The highest BCUT2D eigenvalue weighted by atomic mass is 15.3. The van der Waals surface area contributed by atoms with Crippen LogP contribution in [0.1, 0.15) is 51.9 Å². The Labute approximate surface area is 123 Å². The second-order valence-electron chi connectivity index (χ2n) is 6.20. The second kappa shape index (κ2) is 6.72. The van der Waals surface area contributed by atoms with Crippen LogP contribution in [0.15, 0.2) is 6.07 Å². The third-order valence-electron chi connectivity index (χ3n) is 4.52. The van der Waals surface area contributed by atoms with Gasteiger partial charge in [0.1, 0.15) is 0 Å². The van der Waals surface area contributed by atoms with Gasteiger partial charge in [-0.1, -0.05) is 13.8 Å². The van der Waals surface area contributed by atoms with Gasteiger partial charge in [0.25, 0.3) is 0 Å². The number of nitrogens with zero attached hydrogens (tertiary/aromatic N) is 3. The quantitative estimate of drug-likeness (QED) is 0.898. The van der Waals surface area contributed by atoms with Crippen LogP contribution < -0.4 is 5.32 Å². The standard InChI is InChI=1S/C16H30N4/c1-5-14-11-15(20(7-3)18-14)12-19-10-8-9-17-16(4,6-2)13-19/h11,17H,5-10,12-13H2,1-4H3. The summed E-state index contributed by atoms with van der Waals surface area (Å²) in [6.45, 7) is 14.4. The van der Waals surface area contributed by atoms with Gasteiger partial charge in [0.15, 0.2) is 0 Å². The van der Waals surface area contributed by atoms with Gasteiger partial charge in [-0.05, 0) is 52.3 Å². The molecule has 4 heteroatoms. The molecule has 1 aliphatic rings. The first-order chi connectivity index (χ1) is 9.60.